The molecule has 2 aromatic heterocycles. The van der Waals surface area contributed by atoms with Crippen LogP contribution in [-0.4, -0.2) is 38.2 Å². The molecule has 8 nitrogen and oxygen atoms in total. The molecule has 1 unspecified atom stereocenters. The van der Waals surface area contributed by atoms with Crippen molar-refractivity contribution >= 4 is 23.1 Å². The number of halogens is 1. The molecule has 3 aromatic carbocycles. The van der Waals surface area contributed by atoms with Crippen LogP contribution in [0.15, 0.2) is 89.7 Å². The minimum Gasteiger partial charge on any atom is -0.351 e. The summed E-state index contributed by atoms with van der Waals surface area (Å²) in [6.45, 7) is 1.89. The van der Waals surface area contributed by atoms with Crippen molar-refractivity contribution in [1.29, 1.82) is 0 Å². The molecule has 198 valence electrons. The number of anilines is 2. The third kappa shape index (κ3) is 5.00. The zero-order valence-corrected chi connectivity index (χ0v) is 21.5. The maximum absolute atomic E-state index is 14.7. The van der Waals surface area contributed by atoms with E-state index in [1.54, 1.807) is 18.2 Å². The van der Waals surface area contributed by atoms with Crippen LogP contribution >= 0.6 is 0 Å². The van der Waals surface area contributed by atoms with E-state index in [0.29, 0.717) is 41.7 Å². The molecule has 1 fully saturated rings. The van der Waals surface area contributed by atoms with Crippen molar-refractivity contribution in [3.63, 3.8) is 0 Å². The van der Waals surface area contributed by atoms with Gasteiger partial charge in [-0.05, 0) is 36.6 Å². The van der Waals surface area contributed by atoms with E-state index in [1.807, 2.05) is 65.2 Å². The normalized spacial score (nSPS) is 15.5. The van der Waals surface area contributed by atoms with E-state index < -0.39 is 0 Å². The van der Waals surface area contributed by atoms with Gasteiger partial charge in [-0.3, -0.25) is 13.9 Å². The molecule has 39 heavy (non-hydrogen) atoms. The summed E-state index contributed by atoms with van der Waals surface area (Å²) < 4.78 is 18.1. The molecule has 1 aliphatic rings. The predicted molar refractivity (Wildman–Crippen MR) is 152 cm³/mol. The molecule has 0 aliphatic carbocycles. The maximum atomic E-state index is 14.7. The average molecular weight is 524 g/mol. The second-order valence-electron chi connectivity index (χ2n) is 9.86. The van der Waals surface area contributed by atoms with Crippen molar-refractivity contribution in [2.45, 2.75) is 32.0 Å². The van der Waals surface area contributed by atoms with E-state index in [1.165, 1.54) is 10.6 Å². The number of hydrogen-bond donors (Lipinski definition) is 2. The molecule has 9 heteroatoms. The molecule has 0 amide bonds. The summed E-state index contributed by atoms with van der Waals surface area (Å²) in [6, 6.07) is 26.0. The molecule has 1 atom stereocenters. The van der Waals surface area contributed by atoms with Crippen molar-refractivity contribution in [3.8, 4) is 5.69 Å². The summed E-state index contributed by atoms with van der Waals surface area (Å²) in [6.07, 6.45) is 1.89. The van der Waals surface area contributed by atoms with Gasteiger partial charge in [0, 0.05) is 36.9 Å². The van der Waals surface area contributed by atoms with Crippen LogP contribution in [0.4, 0.5) is 16.3 Å². The van der Waals surface area contributed by atoms with E-state index in [4.69, 9.17) is 15.7 Å². The second kappa shape index (κ2) is 10.7. The number of nitrogens with one attached hydrogen (secondary N) is 1. The Bertz CT molecular complexity index is 1650. The van der Waals surface area contributed by atoms with Gasteiger partial charge >= 0.3 is 0 Å². The van der Waals surface area contributed by atoms with Gasteiger partial charge in [0.1, 0.15) is 5.82 Å². The first-order valence-electron chi connectivity index (χ1n) is 13.2. The summed E-state index contributed by atoms with van der Waals surface area (Å²) in [5.41, 5.74) is 8.92. The lowest BCUT2D eigenvalue weighted by Gasteiger charge is -2.31. The van der Waals surface area contributed by atoms with Gasteiger partial charge in [0.25, 0.3) is 5.56 Å². The minimum absolute atomic E-state index is 0.0233. The van der Waals surface area contributed by atoms with Gasteiger partial charge in [-0.2, -0.15) is 9.97 Å². The average Bonchev–Trinajstić information content (AvgIpc) is 3.35. The van der Waals surface area contributed by atoms with E-state index >= 15 is 0 Å². The number of fused-ring (bicyclic) bond motifs is 1. The number of hydrogen-bond acceptors (Lipinski definition) is 6. The molecule has 3 N–H and O–H groups in total. The molecule has 6 rings (SSSR count). The zero-order valence-electron chi connectivity index (χ0n) is 21.5. The van der Waals surface area contributed by atoms with Crippen LogP contribution < -0.4 is 21.5 Å². The molecule has 5 aromatic rings. The fraction of sp³-hybridized carbons (Fsp3) is 0.233. The van der Waals surface area contributed by atoms with Crippen molar-refractivity contribution < 1.29 is 4.39 Å². The Labute approximate surface area is 225 Å². The highest BCUT2D eigenvalue weighted by atomic mass is 19.1. The number of imidazole rings is 1. The van der Waals surface area contributed by atoms with Crippen LogP contribution in [0.3, 0.4) is 0 Å². The molecule has 0 saturated carbocycles. The van der Waals surface area contributed by atoms with E-state index in [-0.39, 0.29) is 24.0 Å². The SMILES string of the molecule is NC1CCCN(c2nc3nc(NCc4ccccc4)n(Cc4ccccc4F)c(=O)c3n2-c2ccccc2)C1. The Morgan fingerprint density at radius 2 is 1.67 bits per heavy atom. The van der Waals surface area contributed by atoms with Gasteiger partial charge in [-0.25, -0.2) is 4.39 Å². The van der Waals surface area contributed by atoms with Crippen LogP contribution in [0.25, 0.3) is 16.9 Å². The lowest BCUT2D eigenvalue weighted by Crippen LogP contribution is -2.44. The van der Waals surface area contributed by atoms with Crippen LogP contribution in [0.1, 0.15) is 24.0 Å². The molecule has 3 heterocycles. The van der Waals surface area contributed by atoms with Gasteiger partial charge in [0.15, 0.2) is 11.2 Å². The summed E-state index contributed by atoms with van der Waals surface area (Å²) >= 11 is 0. The van der Waals surface area contributed by atoms with Gasteiger partial charge in [-0.1, -0.05) is 66.7 Å². The fourth-order valence-electron chi connectivity index (χ4n) is 5.13. The van der Waals surface area contributed by atoms with E-state index in [0.717, 1.165) is 30.6 Å². The van der Waals surface area contributed by atoms with Gasteiger partial charge in [0.05, 0.1) is 6.54 Å². The topological polar surface area (TPSA) is 94.0 Å². The maximum Gasteiger partial charge on any atom is 0.281 e. The standard InChI is InChI=1S/C30H30FN7O/c31-25-16-8-7-12-22(25)19-37-28(39)26-27(34-29(37)33-18-21-10-3-1-4-11-21)35-30(36-17-9-13-23(32)20-36)38(26)24-14-5-2-6-15-24/h1-8,10-12,14-16,23H,9,13,17-20,32H2,(H,33,34). The first-order chi connectivity index (χ1) is 19.1. The molecule has 1 aliphatic heterocycles. The van der Waals surface area contributed by atoms with Crippen LogP contribution in [0.5, 0.6) is 0 Å². The highest BCUT2D eigenvalue weighted by Crippen LogP contribution is 2.28. The molecule has 1 saturated heterocycles. The Balaban J connectivity index is 1.55. The van der Waals surface area contributed by atoms with Crippen molar-refractivity contribution in [1.82, 2.24) is 19.1 Å². The number of benzene rings is 3. The van der Waals surface area contributed by atoms with Crippen molar-refractivity contribution in [3.05, 3.63) is 112 Å². The van der Waals surface area contributed by atoms with Crippen molar-refractivity contribution in [2.75, 3.05) is 23.3 Å². The number of piperidine rings is 1. The smallest absolute Gasteiger partial charge is 0.281 e. The first-order valence-corrected chi connectivity index (χ1v) is 13.2. The highest BCUT2D eigenvalue weighted by molar-refractivity contribution is 5.78. The summed E-state index contributed by atoms with van der Waals surface area (Å²) in [5.74, 6) is 0.589. The number of aromatic nitrogens is 4. The lowest BCUT2D eigenvalue weighted by molar-refractivity contribution is 0.499. The fourth-order valence-corrected chi connectivity index (χ4v) is 5.13. The number of nitrogens with two attached hydrogens (primary N) is 1. The molecule has 0 spiro atoms. The second-order valence-corrected chi connectivity index (χ2v) is 9.86. The third-order valence-corrected chi connectivity index (χ3v) is 7.09. The third-order valence-electron chi connectivity index (χ3n) is 7.09. The summed E-state index contributed by atoms with van der Waals surface area (Å²) in [5, 5.41) is 3.30. The Kier molecular flexibility index (Phi) is 6.81. The largest absolute Gasteiger partial charge is 0.351 e. The first kappa shape index (κ1) is 24.8. The van der Waals surface area contributed by atoms with Crippen molar-refractivity contribution in [2.24, 2.45) is 5.73 Å². The monoisotopic (exact) mass is 523 g/mol. The highest BCUT2D eigenvalue weighted by Gasteiger charge is 2.27. The minimum atomic E-state index is -0.377. The number of nitrogens with zero attached hydrogens (tertiary/aromatic N) is 5. The van der Waals surface area contributed by atoms with Gasteiger partial charge < -0.3 is 16.0 Å². The summed E-state index contributed by atoms with van der Waals surface area (Å²) in [4.78, 5) is 26.1. The molecule has 0 bridgehead atoms. The number of rotatable bonds is 7. The van der Waals surface area contributed by atoms with Gasteiger partial charge in [0.2, 0.25) is 11.9 Å². The van der Waals surface area contributed by atoms with E-state index in [2.05, 4.69) is 10.2 Å². The molecular weight excluding hydrogens is 493 g/mol. The van der Waals surface area contributed by atoms with E-state index in [9.17, 15) is 9.18 Å². The summed E-state index contributed by atoms with van der Waals surface area (Å²) in [7, 11) is 0. The molecule has 0 radical (unpaired) electrons. The predicted octanol–water partition coefficient (Wildman–Crippen LogP) is 4.31. The number of para-hydroxylation sites is 1. The Morgan fingerprint density at radius 1 is 0.949 bits per heavy atom. The van der Waals surface area contributed by atoms with Crippen LogP contribution in [0.2, 0.25) is 0 Å². The lowest BCUT2D eigenvalue weighted by atomic mass is 10.1. The van der Waals surface area contributed by atoms with Crippen LogP contribution in [0, 0.1) is 5.82 Å². The Morgan fingerprint density at radius 3 is 2.41 bits per heavy atom. The van der Waals surface area contributed by atoms with Gasteiger partial charge in [-0.15, -0.1) is 0 Å². The quantitative estimate of drug-likeness (QED) is 0.330. The molecular formula is C30H30FN7O. The van der Waals surface area contributed by atoms with Crippen LogP contribution in [-0.2, 0) is 13.1 Å². The zero-order chi connectivity index (χ0) is 26.8. The Hall–Kier alpha value is -4.50.